The maximum atomic E-state index is 13.5. The number of amides is 2. The molecule has 1 unspecified atom stereocenters. The number of ether oxygens (including phenoxy) is 1. The lowest BCUT2D eigenvalue weighted by Gasteiger charge is -2.36. The maximum Gasteiger partial charge on any atom is 0.348 e. The van der Waals surface area contributed by atoms with Crippen molar-refractivity contribution in [2.75, 3.05) is 17.7 Å². The van der Waals surface area contributed by atoms with Gasteiger partial charge in [-0.3, -0.25) is 4.90 Å². The highest BCUT2D eigenvalue weighted by molar-refractivity contribution is 6.12. The third kappa shape index (κ3) is 4.57. The number of phenols is 2. The van der Waals surface area contributed by atoms with Crippen molar-refractivity contribution in [3.8, 4) is 17.2 Å². The maximum absolute atomic E-state index is 13.5. The zero-order chi connectivity index (χ0) is 25.3. The molecule has 0 radical (unpaired) electrons. The highest BCUT2D eigenvalue weighted by Gasteiger charge is 2.36. The number of nitrogen functional groups attached to an aromatic ring is 1. The van der Waals surface area contributed by atoms with Crippen LogP contribution in [0.5, 0.6) is 17.2 Å². The molecule has 0 fully saturated rings. The summed E-state index contributed by atoms with van der Waals surface area (Å²) in [5.74, 6) is 0.674. The lowest BCUT2D eigenvalue weighted by Crippen LogP contribution is -2.39. The second kappa shape index (κ2) is 9.18. The third-order valence-corrected chi connectivity index (χ3v) is 6.42. The van der Waals surface area contributed by atoms with E-state index in [1.54, 1.807) is 65.6 Å². The van der Waals surface area contributed by atoms with Crippen LogP contribution in [0.2, 0.25) is 0 Å². The number of phenolic OH excluding ortho intramolecular Hbond substituents is 2. The third-order valence-electron chi connectivity index (χ3n) is 6.42. The van der Waals surface area contributed by atoms with Gasteiger partial charge in [0.25, 0.3) is 0 Å². The number of rotatable bonds is 6. The number of carbonyl (C=O) groups excluding carboxylic acids is 1. The Hall–Kier alpha value is -4.26. The fraction of sp³-hybridized carbons (Fsp3) is 0.214. The number of allylic oxidation sites excluding steroid dienone is 1. The lowest BCUT2D eigenvalue weighted by molar-refractivity contribution is 0.251. The molecule has 180 valence electrons. The minimum atomic E-state index is -0.524. The highest BCUT2D eigenvalue weighted by Crippen LogP contribution is 2.44. The van der Waals surface area contributed by atoms with E-state index in [9.17, 15) is 15.0 Å². The Morgan fingerprint density at radius 3 is 2.37 bits per heavy atom. The number of nitrogens with zero attached hydrogens (tertiary/aromatic N) is 2. The van der Waals surface area contributed by atoms with Crippen LogP contribution in [0.25, 0.3) is 0 Å². The van der Waals surface area contributed by atoms with Crippen LogP contribution in [0, 0.1) is 0 Å². The van der Waals surface area contributed by atoms with E-state index < -0.39 is 17.5 Å². The number of benzene rings is 3. The van der Waals surface area contributed by atoms with Crippen molar-refractivity contribution in [1.82, 2.24) is 0 Å². The summed E-state index contributed by atoms with van der Waals surface area (Å²) in [7, 11) is 1.53. The first-order valence-electron chi connectivity index (χ1n) is 11.2. The molecular weight excluding hydrogens is 442 g/mol. The molecule has 1 aliphatic rings. The molecular formula is C28H29N3O4. The van der Waals surface area contributed by atoms with Crippen LogP contribution in [0.1, 0.15) is 43.0 Å². The van der Waals surface area contributed by atoms with Crippen molar-refractivity contribution >= 4 is 23.1 Å². The van der Waals surface area contributed by atoms with Crippen molar-refractivity contribution in [3.05, 3.63) is 90.0 Å². The number of nitrogens with two attached hydrogens (primary N) is 1. The van der Waals surface area contributed by atoms with Crippen LogP contribution < -0.4 is 15.4 Å². The van der Waals surface area contributed by atoms with E-state index in [1.807, 2.05) is 19.9 Å². The van der Waals surface area contributed by atoms with Crippen molar-refractivity contribution in [1.29, 1.82) is 0 Å². The molecule has 7 heteroatoms. The number of carbonyl (C=O) groups is 1. The van der Waals surface area contributed by atoms with Crippen molar-refractivity contribution in [2.24, 2.45) is 4.99 Å². The SMILES string of the molecule is C=CC(C)(C)c1cc(C2CC(c3ccc(O)cc3)=NC(=O)N2c2ccc(N)cc2)c(OC)cc1O. The van der Waals surface area contributed by atoms with E-state index in [0.717, 1.165) is 11.1 Å². The minimum Gasteiger partial charge on any atom is -0.508 e. The van der Waals surface area contributed by atoms with Crippen LogP contribution in [-0.2, 0) is 5.41 Å². The van der Waals surface area contributed by atoms with Crippen LogP contribution in [0.4, 0.5) is 16.2 Å². The number of urea groups is 1. The molecule has 0 bridgehead atoms. The number of anilines is 2. The fourth-order valence-corrected chi connectivity index (χ4v) is 4.28. The second-order valence-electron chi connectivity index (χ2n) is 9.11. The summed E-state index contributed by atoms with van der Waals surface area (Å²) in [5, 5.41) is 20.5. The van der Waals surface area contributed by atoms with Gasteiger partial charge >= 0.3 is 6.03 Å². The topological polar surface area (TPSA) is 108 Å². The largest absolute Gasteiger partial charge is 0.508 e. The van der Waals surface area contributed by atoms with E-state index in [1.165, 1.54) is 7.11 Å². The molecule has 0 saturated carbocycles. The molecule has 3 aromatic carbocycles. The van der Waals surface area contributed by atoms with Crippen LogP contribution in [0.15, 0.2) is 78.3 Å². The molecule has 0 aliphatic carbocycles. The smallest absolute Gasteiger partial charge is 0.348 e. The van der Waals surface area contributed by atoms with Gasteiger partial charge < -0.3 is 20.7 Å². The summed E-state index contributed by atoms with van der Waals surface area (Å²) in [6, 6.07) is 16.2. The number of aromatic hydroxyl groups is 2. The normalized spacial score (nSPS) is 16.1. The molecule has 4 N–H and O–H groups in total. The van der Waals surface area contributed by atoms with Gasteiger partial charge in [0.1, 0.15) is 17.2 Å². The van der Waals surface area contributed by atoms with E-state index >= 15 is 0 Å². The lowest BCUT2D eigenvalue weighted by atomic mass is 9.81. The first-order valence-corrected chi connectivity index (χ1v) is 11.2. The van der Waals surface area contributed by atoms with E-state index in [2.05, 4.69) is 11.6 Å². The Balaban J connectivity index is 1.92. The number of hydrogen-bond donors (Lipinski definition) is 3. The van der Waals surface area contributed by atoms with Gasteiger partial charge in [0.2, 0.25) is 0 Å². The highest BCUT2D eigenvalue weighted by atomic mass is 16.5. The van der Waals surface area contributed by atoms with Crippen molar-refractivity contribution in [3.63, 3.8) is 0 Å². The van der Waals surface area contributed by atoms with Gasteiger partial charge in [-0.2, -0.15) is 4.99 Å². The predicted octanol–water partition coefficient (Wildman–Crippen LogP) is 5.71. The molecule has 4 rings (SSSR count). The zero-order valence-electron chi connectivity index (χ0n) is 20.0. The first-order chi connectivity index (χ1) is 16.6. The molecule has 1 aliphatic heterocycles. The minimum absolute atomic E-state index is 0.0871. The Bertz CT molecular complexity index is 1300. The summed E-state index contributed by atoms with van der Waals surface area (Å²) in [5.41, 5.74) is 9.31. The van der Waals surface area contributed by atoms with Gasteiger partial charge in [-0.25, -0.2) is 4.79 Å². The standard InChI is InChI=1S/C28H29N3O4/c1-5-28(2,3)22-14-21(26(35-4)16-25(22)33)24-15-23(17-6-12-20(32)13-7-17)30-27(34)31(24)19-10-8-18(29)9-11-19/h5-14,16,24,32-33H,1,15,29H2,2-4H3. The van der Waals surface area contributed by atoms with Crippen molar-refractivity contribution in [2.45, 2.75) is 31.7 Å². The van der Waals surface area contributed by atoms with Gasteiger partial charge in [0, 0.05) is 40.4 Å². The summed E-state index contributed by atoms with van der Waals surface area (Å²) >= 11 is 0. The van der Waals surface area contributed by atoms with Gasteiger partial charge in [-0.05, 0) is 60.2 Å². The molecule has 3 aromatic rings. The van der Waals surface area contributed by atoms with Crippen LogP contribution in [-0.4, -0.2) is 29.1 Å². The molecule has 0 spiro atoms. The van der Waals surface area contributed by atoms with Gasteiger partial charge in [0.15, 0.2) is 0 Å². The van der Waals surface area contributed by atoms with Crippen molar-refractivity contribution < 1.29 is 19.7 Å². The molecule has 0 saturated heterocycles. The second-order valence-corrected chi connectivity index (χ2v) is 9.11. The first kappa shape index (κ1) is 23.9. The Kier molecular flexibility index (Phi) is 6.26. The number of aliphatic imine (C=N–C) groups is 1. The molecule has 1 atom stereocenters. The molecule has 2 amide bonds. The Morgan fingerprint density at radius 2 is 1.77 bits per heavy atom. The van der Waals surface area contributed by atoms with E-state index in [4.69, 9.17) is 10.5 Å². The van der Waals surface area contributed by atoms with E-state index in [0.29, 0.717) is 34.8 Å². The molecule has 0 aromatic heterocycles. The van der Waals surface area contributed by atoms with Gasteiger partial charge in [-0.15, -0.1) is 6.58 Å². The van der Waals surface area contributed by atoms with Gasteiger partial charge in [-0.1, -0.05) is 19.9 Å². The van der Waals surface area contributed by atoms with E-state index in [-0.39, 0.29) is 11.5 Å². The van der Waals surface area contributed by atoms with Crippen LogP contribution >= 0.6 is 0 Å². The molecule has 1 heterocycles. The number of hydrogen-bond acceptors (Lipinski definition) is 5. The summed E-state index contributed by atoms with van der Waals surface area (Å²) < 4.78 is 5.66. The fourth-order valence-electron chi connectivity index (χ4n) is 4.28. The monoisotopic (exact) mass is 471 g/mol. The summed E-state index contributed by atoms with van der Waals surface area (Å²) in [6.07, 6.45) is 2.15. The quantitative estimate of drug-likeness (QED) is 0.315. The summed E-state index contributed by atoms with van der Waals surface area (Å²) in [6.45, 7) is 7.83. The molecule has 35 heavy (non-hydrogen) atoms. The van der Waals surface area contributed by atoms with Gasteiger partial charge in [0.05, 0.1) is 18.9 Å². The number of methoxy groups -OCH3 is 1. The zero-order valence-corrected chi connectivity index (χ0v) is 20.0. The average molecular weight is 472 g/mol. The average Bonchev–Trinajstić information content (AvgIpc) is 2.84. The Labute approximate surface area is 204 Å². The Morgan fingerprint density at radius 1 is 1.11 bits per heavy atom. The van der Waals surface area contributed by atoms with Crippen LogP contribution in [0.3, 0.4) is 0 Å². The summed E-state index contributed by atoms with van der Waals surface area (Å²) in [4.78, 5) is 19.5. The predicted molar refractivity (Wildman–Crippen MR) is 139 cm³/mol. The molecule has 7 nitrogen and oxygen atoms in total.